The van der Waals surface area contributed by atoms with Gasteiger partial charge in [-0.2, -0.15) is 4.98 Å². The number of rotatable bonds is 27. The van der Waals surface area contributed by atoms with Gasteiger partial charge in [-0.3, -0.25) is 24.0 Å². The van der Waals surface area contributed by atoms with Crippen molar-refractivity contribution in [1.82, 2.24) is 41.7 Å². The van der Waals surface area contributed by atoms with Crippen molar-refractivity contribution in [3.63, 3.8) is 0 Å². The standard InChI is InChI=1S/2C21H21NO.C19H19NOS.C17H21N3O3.C16H20N2O2/c1-15(23)21(22-2)14-16-10-12-18(13-11-16)20-9-5-7-17-6-3-4-8-19(17)20;1-15(23)21(22-2)13-16-7-9-18(10-8-16)20-12-11-17-5-3-4-6-19(17)14-20;1-13(21)17(20-2)11-14-7-9-15(10-8-14)19-12-16-5-3-4-6-18(16)22-19;1-11(21)15(18-2)9-12-5-7-13(8-6-12)14-10-19-17(23-4)20-16(14)22-3;1-10-16(12(3)20-18-10)14-7-5-13(6-8-14)9-15(17-4)11(2)19/h3-13,21-22H,14H2,1-2H3;3-12,14,21-22H,13H2,1-2H3;3-10,12,17,20H,11H2,1-2H3;5-8,10,15,18H,9H2,1-4H3;5-8,15,17H,9H2,1-4H3/t2*21-;17-;2*15-/m00000/s1. The van der Waals surface area contributed by atoms with E-state index in [-0.39, 0.29) is 65.1 Å². The summed E-state index contributed by atoms with van der Waals surface area (Å²) in [7, 11) is 12.2. The summed E-state index contributed by atoms with van der Waals surface area (Å²) < 4.78 is 16.8. The monoisotopic (exact) mass is 1500 g/mol. The Morgan fingerprint density at radius 2 is 0.775 bits per heavy atom. The molecule has 13 rings (SSSR count). The van der Waals surface area contributed by atoms with Crippen molar-refractivity contribution < 1.29 is 38.0 Å². The molecule has 5 atom stereocenters. The predicted octanol–water partition coefficient (Wildman–Crippen LogP) is 17.3. The fourth-order valence-electron chi connectivity index (χ4n) is 13.2. The zero-order chi connectivity index (χ0) is 79.5. The van der Waals surface area contributed by atoms with Gasteiger partial charge in [-0.25, -0.2) is 4.98 Å². The number of hydrogen-bond donors (Lipinski definition) is 5. The Hall–Kier alpha value is -11.3. The normalized spacial score (nSPS) is 12.2. The first-order valence-electron chi connectivity index (χ1n) is 37.3. The lowest BCUT2D eigenvalue weighted by Gasteiger charge is -2.13. The molecule has 0 amide bonds. The number of carbonyl (C=O) groups excluding carboxylic acids is 5. The molecule has 0 unspecified atom stereocenters. The molecule has 0 aliphatic rings. The minimum atomic E-state index is -0.167. The second-order valence-electron chi connectivity index (χ2n) is 27.5. The van der Waals surface area contributed by atoms with Crippen molar-refractivity contribution in [2.75, 3.05) is 49.5 Å². The van der Waals surface area contributed by atoms with E-state index >= 15 is 0 Å². The quantitative estimate of drug-likeness (QED) is 0.0324. The molecule has 0 fully saturated rings. The molecule has 0 aliphatic carbocycles. The molecule has 0 saturated heterocycles. The number of methoxy groups -OCH3 is 2. The van der Waals surface area contributed by atoms with Crippen LogP contribution in [0, 0.1) is 13.8 Å². The van der Waals surface area contributed by atoms with Gasteiger partial charge >= 0.3 is 6.01 Å². The van der Waals surface area contributed by atoms with Crippen LogP contribution >= 0.6 is 11.3 Å². The Balaban J connectivity index is 0.000000160. The van der Waals surface area contributed by atoms with Crippen molar-refractivity contribution >= 4 is 71.9 Å². The zero-order valence-electron chi connectivity index (χ0n) is 66.0. The molecule has 0 radical (unpaired) electrons. The molecular weight excluding hydrogens is 1400 g/mol. The van der Waals surface area contributed by atoms with E-state index in [1.165, 1.54) is 88.1 Å². The highest BCUT2D eigenvalue weighted by atomic mass is 32.1. The van der Waals surface area contributed by atoms with Gasteiger partial charge in [0.2, 0.25) is 5.88 Å². The summed E-state index contributed by atoms with van der Waals surface area (Å²) in [5.41, 5.74) is 16.6. The molecule has 10 aromatic carbocycles. The van der Waals surface area contributed by atoms with Crippen LogP contribution in [0.1, 0.15) is 73.9 Å². The van der Waals surface area contributed by atoms with Crippen LogP contribution in [-0.4, -0.2) is 124 Å². The number of aromatic nitrogens is 3. The molecule has 16 nitrogen and oxygen atoms in total. The first-order valence-corrected chi connectivity index (χ1v) is 38.1. The molecule has 0 spiro atoms. The van der Waals surface area contributed by atoms with Gasteiger partial charge in [0.05, 0.1) is 55.7 Å². The third kappa shape index (κ3) is 23.4. The summed E-state index contributed by atoms with van der Waals surface area (Å²) in [6, 6.07) is 81.7. The lowest BCUT2D eigenvalue weighted by molar-refractivity contribution is -0.119. The van der Waals surface area contributed by atoms with Gasteiger partial charge in [-0.1, -0.05) is 224 Å². The maximum atomic E-state index is 11.6. The second-order valence-corrected chi connectivity index (χ2v) is 28.6. The fourth-order valence-corrected chi connectivity index (χ4v) is 14.2. The number of carbonyl (C=O) groups is 5. The van der Waals surface area contributed by atoms with E-state index in [0.29, 0.717) is 18.7 Å². The number of thiophene rings is 1. The van der Waals surface area contributed by atoms with Gasteiger partial charge in [0.1, 0.15) is 34.7 Å². The van der Waals surface area contributed by atoms with Gasteiger partial charge < -0.3 is 40.6 Å². The Labute approximate surface area is 656 Å². The summed E-state index contributed by atoms with van der Waals surface area (Å²) in [5, 5.41) is 25.5. The number of Topliss-reactive ketones (excluding diaryl/α,β-unsaturated/α-hetero) is 5. The maximum absolute atomic E-state index is 11.6. The van der Waals surface area contributed by atoms with Crippen molar-refractivity contribution in [3.05, 3.63) is 282 Å². The van der Waals surface area contributed by atoms with E-state index in [1.54, 1.807) is 55.0 Å². The summed E-state index contributed by atoms with van der Waals surface area (Å²) in [6.07, 6.45) is 5.21. The summed E-state index contributed by atoms with van der Waals surface area (Å²) in [6.45, 7) is 11.9. The lowest BCUT2D eigenvalue weighted by Crippen LogP contribution is -2.34. The minimum absolute atomic E-state index is 0.102. The minimum Gasteiger partial charge on any atom is -0.480 e. The maximum Gasteiger partial charge on any atom is 0.319 e. The largest absolute Gasteiger partial charge is 0.480 e. The predicted molar refractivity (Wildman–Crippen MR) is 454 cm³/mol. The molecule has 572 valence electrons. The van der Waals surface area contributed by atoms with Crippen molar-refractivity contribution in [1.29, 1.82) is 0 Å². The van der Waals surface area contributed by atoms with Crippen LogP contribution in [0.15, 0.2) is 247 Å². The Bertz CT molecular complexity index is 5150. The topological polar surface area (TPSA) is 216 Å². The van der Waals surface area contributed by atoms with Crippen LogP contribution in [0.5, 0.6) is 11.9 Å². The fraction of sp³-hybridized carbons (Fsp3) is 0.255. The van der Waals surface area contributed by atoms with Crippen molar-refractivity contribution in [2.24, 2.45) is 0 Å². The highest BCUT2D eigenvalue weighted by Gasteiger charge is 2.19. The van der Waals surface area contributed by atoms with Gasteiger partial charge in [-0.05, 0) is 228 Å². The molecular formula is C94H102N8O8S. The molecule has 13 aromatic rings. The number of benzene rings is 10. The van der Waals surface area contributed by atoms with E-state index in [4.69, 9.17) is 14.0 Å². The molecule has 5 N–H and O–H groups in total. The summed E-state index contributed by atoms with van der Waals surface area (Å²) in [4.78, 5) is 67.1. The first kappa shape index (κ1) is 83.8. The Morgan fingerprint density at radius 3 is 1.20 bits per heavy atom. The molecule has 3 heterocycles. The van der Waals surface area contributed by atoms with Gasteiger partial charge in [0.15, 0.2) is 0 Å². The van der Waals surface area contributed by atoms with Crippen molar-refractivity contribution in [3.8, 4) is 66.8 Å². The van der Waals surface area contributed by atoms with Crippen LogP contribution in [0.25, 0.3) is 86.6 Å². The smallest absolute Gasteiger partial charge is 0.319 e. The first-order chi connectivity index (χ1) is 53.6. The zero-order valence-corrected chi connectivity index (χ0v) is 66.8. The van der Waals surface area contributed by atoms with Gasteiger partial charge in [0, 0.05) is 21.3 Å². The summed E-state index contributed by atoms with van der Waals surface area (Å²) in [5.74, 6) is 2.09. The number of ketones is 5. The second kappa shape index (κ2) is 41.5. The SMILES string of the molecule is CN[C@@H](Cc1ccc(-c2c(C)noc2C)cc1)C(C)=O.CN[C@@H](Cc1ccc(-c2cc3ccccc3s2)cc1)C(C)=O.CN[C@@H](Cc1ccc(-c2ccc3ccccc3c2)cc1)C(C)=O.CN[C@@H](Cc1ccc(-c2cccc3ccccc23)cc1)C(C)=O.CN[C@@H](Cc1ccc(-c2cnc(OC)nc2OC)cc1)C(C)=O. The van der Waals surface area contributed by atoms with E-state index in [9.17, 15) is 24.0 Å². The number of nitrogens with one attached hydrogen (secondary N) is 5. The number of aryl methyl sites for hydroxylation is 2. The van der Waals surface area contributed by atoms with E-state index in [0.717, 1.165) is 64.1 Å². The molecule has 0 aliphatic heterocycles. The van der Waals surface area contributed by atoms with Gasteiger partial charge in [0.25, 0.3) is 0 Å². The average Bonchev–Trinajstić information content (AvgIpc) is 0.859. The van der Waals surface area contributed by atoms with E-state index < -0.39 is 0 Å². The summed E-state index contributed by atoms with van der Waals surface area (Å²) >= 11 is 1.81. The molecule has 0 bridgehead atoms. The van der Waals surface area contributed by atoms with E-state index in [1.807, 2.05) is 77.6 Å². The third-order valence-corrected chi connectivity index (χ3v) is 21.0. The Morgan fingerprint density at radius 1 is 0.387 bits per heavy atom. The van der Waals surface area contributed by atoms with E-state index in [2.05, 4.69) is 254 Å². The van der Waals surface area contributed by atoms with Crippen LogP contribution in [0.3, 0.4) is 0 Å². The number of likely N-dealkylation sites (N-methyl/N-ethyl adjacent to an activating group) is 5. The number of ether oxygens (including phenoxy) is 2. The highest BCUT2D eigenvalue weighted by Crippen LogP contribution is 2.35. The number of fused-ring (bicyclic) bond motifs is 3. The number of hydrogen-bond acceptors (Lipinski definition) is 17. The van der Waals surface area contributed by atoms with Crippen LogP contribution in [-0.2, 0) is 56.1 Å². The van der Waals surface area contributed by atoms with Crippen LogP contribution in [0.4, 0.5) is 0 Å². The van der Waals surface area contributed by atoms with Crippen LogP contribution in [0.2, 0.25) is 0 Å². The molecule has 17 heteroatoms. The third-order valence-electron chi connectivity index (χ3n) is 19.8. The van der Waals surface area contributed by atoms with Gasteiger partial charge in [-0.15, -0.1) is 11.3 Å². The Kier molecular flexibility index (Phi) is 31.3. The number of nitrogens with zero attached hydrogens (tertiary/aromatic N) is 3. The molecule has 3 aromatic heterocycles. The lowest BCUT2D eigenvalue weighted by atomic mass is 9.96. The molecule has 0 saturated carbocycles. The van der Waals surface area contributed by atoms with Crippen LogP contribution < -0.4 is 36.1 Å². The van der Waals surface area contributed by atoms with Crippen molar-refractivity contribution in [2.45, 2.75) is 111 Å². The highest BCUT2D eigenvalue weighted by molar-refractivity contribution is 7.22. The molecule has 111 heavy (non-hydrogen) atoms. The average molecular weight is 1500 g/mol.